The minimum Gasteiger partial charge on any atom is -0.497 e. The van der Waals surface area contributed by atoms with Crippen LogP contribution in [0.15, 0.2) is 48.5 Å². The SMILES string of the molecule is CCN(C(=O)NCc1ccc(N(C)C)cc1)C(C)c1cccc(OC)c1. The quantitative estimate of drug-likeness (QED) is 0.815. The molecule has 5 heteroatoms. The van der Waals surface area contributed by atoms with Crippen molar-refractivity contribution in [2.24, 2.45) is 0 Å². The van der Waals surface area contributed by atoms with E-state index in [0.717, 1.165) is 22.6 Å². The molecule has 2 rings (SSSR count). The minimum absolute atomic E-state index is 0.0359. The van der Waals surface area contributed by atoms with Gasteiger partial charge in [-0.2, -0.15) is 0 Å². The third-order valence-corrected chi connectivity index (χ3v) is 4.54. The number of ether oxygens (including phenoxy) is 1. The number of carbonyl (C=O) groups is 1. The average molecular weight is 355 g/mol. The summed E-state index contributed by atoms with van der Waals surface area (Å²) in [6.07, 6.45) is 0. The van der Waals surface area contributed by atoms with Crippen LogP contribution in [0.1, 0.15) is 31.0 Å². The van der Waals surface area contributed by atoms with Gasteiger partial charge in [-0.05, 0) is 49.2 Å². The highest BCUT2D eigenvalue weighted by molar-refractivity contribution is 5.74. The normalized spacial score (nSPS) is 11.6. The van der Waals surface area contributed by atoms with E-state index in [9.17, 15) is 4.79 Å². The van der Waals surface area contributed by atoms with Crippen molar-refractivity contribution in [2.45, 2.75) is 26.4 Å². The molecule has 0 aliphatic heterocycles. The Bertz CT molecular complexity index is 713. The molecule has 0 bridgehead atoms. The molecule has 0 saturated carbocycles. The number of nitrogens with one attached hydrogen (secondary N) is 1. The van der Waals surface area contributed by atoms with E-state index in [1.54, 1.807) is 7.11 Å². The van der Waals surface area contributed by atoms with E-state index in [2.05, 4.69) is 22.3 Å². The number of hydrogen-bond donors (Lipinski definition) is 1. The summed E-state index contributed by atoms with van der Waals surface area (Å²) >= 11 is 0. The van der Waals surface area contributed by atoms with Crippen LogP contribution in [0.4, 0.5) is 10.5 Å². The van der Waals surface area contributed by atoms with E-state index < -0.39 is 0 Å². The molecular weight excluding hydrogens is 326 g/mol. The van der Waals surface area contributed by atoms with Gasteiger partial charge in [-0.3, -0.25) is 0 Å². The molecule has 0 heterocycles. The van der Waals surface area contributed by atoms with Crippen LogP contribution in [0.2, 0.25) is 0 Å². The number of carbonyl (C=O) groups excluding carboxylic acids is 1. The van der Waals surface area contributed by atoms with Gasteiger partial charge in [0.25, 0.3) is 0 Å². The summed E-state index contributed by atoms with van der Waals surface area (Å²) < 4.78 is 5.29. The zero-order chi connectivity index (χ0) is 19.1. The summed E-state index contributed by atoms with van der Waals surface area (Å²) in [4.78, 5) is 16.5. The first-order valence-electron chi connectivity index (χ1n) is 8.91. The second-order valence-electron chi connectivity index (χ2n) is 6.46. The number of amides is 2. The first-order valence-corrected chi connectivity index (χ1v) is 8.91. The van der Waals surface area contributed by atoms with Gasteiger partial charge < -0.3 is 19.9 Å². The molecule has 1 unspecified atom stereocenters. The summed E-state index contributed by atoms with van der Waals surface area (Å²) in [5.41, 5.74) is 3.27. The van der Waals surface area contributed by atoms with Gasteiger partial charge in [0.15, 0.2) is 0 Å². The number of benzene rings is 2. The van der Waals surface area contributed by atoms with Crippen molar-refractivity contribution in [3.63, 3.8) is 0 Å². The molecule has 26 heavy (non-hydrogen) atoms. The number of anilines is 1. The maximum absolute atomic E-state index is 12.7. The van der Waals surface area contributed by atoms with Crippen molar-refractivity contribution in [3.8, 4) is 5.75 Å². The molecule has 0 spiro atoms. The fraction of sp³-hybridized carbons (Fsp3) is 0.381. The lowest BCUT2D eigenvalue weighted by atomic mass is 10.1. The van der Waals surface area contributed by atoms with Crippen molar-refractivity contribution in [1.82, 2.24) is 10.2 Å². The summed E-state index contributed by atoms with van der Waals surface area (Å²) in [5, 5.41) is 3.02. The predicted molar refractivity (Wildman–Crippen MR) is 107 cm³/mol. The molecular formula is C21H29N3O2. The van der Waals surface area contributed by atoms with Crippen LogP contribution in [-0.2, 0) is 6.54 Å². The largest absolute Gasteiger partial charge is 0.497 e. The number of urea groups is 1. The summed E-state index contributed by atoms with van der Waals surface area (Å²) in [7, 11) is 5.67. The highest BCUT2D eigenvalue weighted by Gasteiger charge is 2.20. The number of methoxy groups -OCH3 is 1. The molecule has 5 nitrogen and oxygen atoms in total. The van der Waals surface area contributed by atoms with Crippen LogP contribution in [-0.4, -0.2) is 38.7 Å². The lowest BCUT2D eigenvalue weighted by Crippen LogP contribution is -2.41. The van der Waals surface area contributed by atoms with Gasteiger partial charge in [0, 0.05) is 32.9 Å². The first-order chi connectivity index (χ1) is 12.5. The van der Waals surface area contributed by atoms with Crippen LogP contribution >= 0.6 is 0 Å². The summed E-state index contributed by atoms with van der Waals surface area (Å²) in [6.45, 7) is 5.16. The van der Waals surface area contributed by atoms with Crippen LogP contribution in [0.25, 0.3) is 0 Å². The highest BCUT2D eigenvalue weighted by atomic mass is 16.5. The van der Waals surface area contributed by atoms with Crippen LogP contribution in [0.3, 0.4) is 0 Å². The van der Waals surface area contributed by atoms with Crippen molar-refractivity contribution < 1.29 is 9.53 Å². The van der Waals surface area contributed by atoms with E-state index in [-0.39, 0.29) is 12.1 Å². The van der Waals surface area contributed by atoms with E-state index >= 15 is 0 Å². The lowest BCUT2D eigenvalue weighted by molar-refractivity contribution is 0.182. The van der Waals surface area contributed by atoms with Gasteiger partial charge in [-0.1, -0.05) is 24.3 Å². The van der Waals surface area contributed by atoms with Gasteiger partial charge in [0.05, 0.1) is 13.2 Å². The van der Waals surface area contributed by atoms with Crippen molar-refractivity contribution in [1.29, 1.82) is 0 Å². The van der Waals surface area contributed by atoms with Crippen molar-refractivity contribution >= 4 is 11.7 Å². The summed E-state index contributed by atoms with van der Waals surface area (Å²) in [5.74, 6) is 0.798. The molecule has 0 aliphatic carbocycles. The van der Waals surface area contributed by atoms with Gasteiger partial charge in [-0.25, -0.2) is 4.79 Å². The van der Waals surface area contributed by atoms with Crippen molar-refractivity contribution in [2.75, 3.05) is 32.6 Å². The fourth-order valence-corrected chi connectivity index (χ4v) is 2.87. The zero-order valence-corrected chi connectivity index (χ0v) is 16.3. The van der Waals surface area contributed by atoms with Crippen LogP contribution < -0.4 is 15.0 Å². The maximum Gasteiger partial charge on any atom is 0.318 e. The Kier molecular flexibility index (Phi) is 6.89. The lowest BCUT2D eigenvalue weighted by Gasteiger charge is -2.29. The Morgan fingerprint density at radius 3 is 2.42 bits per heavy atom. The van der Waals surface area contributed by atoms with Gasteiger partial charge in [0.2, 0.25) is 0 Å². The van der Waals surface area contributed by atoms with E-state index in [1.165, 1.54) is 0 Å². The second kappa shape index (κ2) is 9.13. The summed E-state index contributed by atoms with van der Waals surface area (Å²) in [6, 6.07) is 15.9. The first kappa shape index (κ1) is 19.6. The van der Waals surface area contributed by atoms with E-state index in [0.29, 0.717) is 13.1 Å². The molecule has 2 aromatic rings. The minimum atomic E-state index is -0.0699. The zero-order valence-electron chi connectivity index (χ0n) is 16.3. The molecule has 0 radical (unpaired) electrons. The number of nitrogens with zero attached hydrogens (tertiary/aromatic N) is 2. The highest BCUT2D eigenvalue weighted by Crippen LogP contribution is 2.24. The average Bonchev–Trinajstić information content (AvgIpc) is 2.67. The Labute approximate surface area is 156 Å². The number of rotatable bonds is 7. The molecule has 0 fully saturated rings. The molecule has 0 aliphatic rings. The second-order valence-corrected chi connectivity index (χ2v) is 6.46. The molecule has 2 amide bonds. The van der Waals surface area contributed by atoms with E-state index in [4.69, 9.17) is 4.74 Å². The maximum atomic E-state index is 12.7. The molecule has 1 N–H and O–H groups in total. The van der Waals surface area contributed by atoms with Gasteiger partial charge in [0.1, 0.15) is 5.75 Å². The molecule has 0 aromatic heterocycles. The molecule has 0 saturated heterocycles. The Morgan fingerprint density at radius 2 is 1.85 bits per heavy atom. The van der Waals surface area contributed by atoms with Crippen LogP contribution in [0.5, 0.6) is 5.75 Å². The third kappa shape index (κ3) is 4.91. The third-order valence-electron chi connectivity index (χ3n) is 4.54. The van der Waals surface area contributed by atoms with Crippen LogP contribution in [0, 0.1) is 0 Å². The van der Waals surface area contributed by atoms with E-state index in [1.807, 2.05) is 69.2 Å². The Morgan fingerprint density at radius 1 is 1.15 bits per heavy atom. The smallest absolute Gasteiger partial charge is 0.318 e. The van der Waals surface area contributed by atoms with Gasteiger partial charge in [-0.15, -0.1) is 0 Å². The molecule has 2 aromatic carbocycles. The van der Waals surface area contributed by atoms with Crippen molar-refractivity contribution in [3.05, 3.63) is 59.7 Å². The topological polar surface area (TPSA) is 44.8 Å². The monoisotopic (exact) mass is 355 g/mol. The predicted octanol–water partition coefficient (Wildman–Crippen LogP) is 4.05. The molecule has 1 atom stereocenters. The Hall–Kier alpha value is -2.69. The molecule has 140 valence electrons. The number of hydrogen-bond acceptors (Lipinski definition) is 3. The Balaban J connectivity index is 2.01. The van der Waals surface area contributed by atoms with Gasteiger partial charge >= 0.3 is 6.03 Å². The standard InChI is InChI=1S/C21H29N3O2/c1-6-24(16(2)18-8-7-9-20(14-18)26-5)21(25)22-15-17-10-12-19(13-11-17)23(3)4/h7-14,16H,6,15H2,1-5H3,(H,22,25). The fourth-order valence-electron chi connectivity index (χ4n) is 2.87.